The summed E-state index contributed by atoms with van der Waals surface area (Å²) >= 11 is 1.81. The summed E-state index contributed by atoms with van der Waals surface area (Å²) in [5.41, 5.74) is 1.26. The molecule has 0 spiro atoms. The average Bonchev–Trinajstić information content (AvgIpc) is 2.60. The van der Waals surface area contributed by atoms with Crippen LogP contribution in [-0.2, 0) is 0 Å². The van der Waals surface area contributed by atoms with Gasteiger partial charge in [0.1, 0.15) is 0 Å². The highest BCUT2D eigenvalue weighted by Crippen LogP contribution is 2.41. The van der Waals surface area contributed by atoms with E-state index in [2.05, 4.69) is 18.7 Å². The van der Waals surface area contributed by atoms with E-state index in [9.17, 15) is 5.11 Å². The highest BCUT2D eigenvalue weighted by molar-refractivity contribution is 7.99. The first-order valence-corrected chi connectivity index (χ1v) is 5.34. The monoisotopic (exact) mass is 192 g/mol. The minimum Gasteiger partial charge on any atom is -0.388 e. The largest absolute Gasteiger partial charge is 0.388 e. The van der Waals surface area contributed by atoms with Gasteiger partial charge in [-0.15, -0.1) is 18.3 Å². The van der Waals surface area contributed by atoms with Crippen LogP contribution in [0.2, 0.25) is 0 Å². The van der Waals surface area contributed by atoms with Crippen molar-refractivity contribution in [3.8, 4) is 0 Å². The van der Waals surface area contributed by atoms with Gasteiger partial charge in [-0.2, -0.15) is 0 Å². The van der Waals surface area contributed by atoms with Crippen molar-refractivity contribution in [1.29, 1.82) is 0 Å². The number of fused-ring (bicyclic) bond motifs is 1. The first-order chi connectivity index (χ1) is 6.33. The first-order valence-electron chi connectivity index (χ1n) is 4.35. The molecule has 1 nitrogen and oxygen atoms in total. The molecular weight excluding hydrogens is 180 g/mol. The molecule has 1 aliphatic heterocycles. The summed E-state index contributed by atoms with van der Waals surface area (Å²) in [7, 11) is 0. The Bertz CT molecular complexity index is 322. The maximum Gasteiger partial charge on any atom is 0.0795 e. The standard InChI is InChI=1S/C11H12OS/c1-2-10(12)9-7-13-11-6-4-3-5-8(9)11/h2-6,9-10,12H,1,7H2. The molecule has 1 aromatic rings. The van der Waals surface area contributed by atoms with E-state index < -0.39 is 6.10 Å². The molecule has 0 aliphatic carbocycles. The number of thioether (sulfide) groups is 1. The molecule has 2 atom stereocenters. The zero-order valence-electron chi connectivity index (χ0n) is 7.31. The van der Waals surface area contributed by atoms with E-state index in [1.165, 1.54) is 10.5 Å². The Hall–Kier alpha value is -0.730. The van der Waals surface area contributed by atoms with E-state index in [1.54, 1.807) is 6.08 Å². The van der Waals surface area contributed by atoms with Crippen LogP contribution in [0.4, 0.5) is 0 Å². The Morgan fingerprint density at radius 2 is 2.31 bits per heavy atom. The predicted molar refractivity (Wildman–Crippen MR) is 56.1 cm³/mol. The van der Waals surface area contributed by atoms with Gasteiger partial charge in [0.25, 0.3) is 0 Å². The van der Waals surface area contributed by atoms with Crippen LogP contribution >= 0.6 is 11.8 Å². The molecule has 1 aromatic carbocycles. The molecule has 0 saturated carbocycles. The van der Waals surface area contributed by atoms with Gasteiger partial charge in [-0.3, -0.25) is 0 Å². The zero-order valence-corrected chi connectivity index (χ0v) is 8.13. The van der Waals surface area contributed by atoms with Crippen molar-refractivity contribution >= 4 is 11.8 Å². The normalized spacial score (nSPS) is 22.4. The van der Waals surface area contributed by atoms with Crippen LogP contribution in [0.3, 0.4) is 0 Å². The quantitative estimate of drug-likeness (QED) is 0.726. The molecule has 0 bridgehead atoms. The number of rotatable bonds is 2. The SMILES string of the molecule is C=CC(O)C1CSc2ccccc21. The lowest BCUT2D eigenvalue weighted by Crippen LogP contribution is -2.14. The molecule has 2 unspecified atom stereocenters. The van der Waals surface area contributed by atoms with Crippen LogP contribution in [0.15, 0.2) is 41.8 Å². The third-order valence-corrected chi connectivity index (χ3v) is 3.60. The second-order valence-corrected chi connectivity index (χ2v) is 4.24. The molecule has 1 heterocycles. The molecule has 2 heteroatoms. The van der Waals surface area contributed by atoms with E-state index in [-0.39, 0.29) is 5.92 Å². The molecule has 2 rings (SSSR count). The van der Waals surface area contributed by atoms with Crippen LogP contribution in [0.1, 0.15) is 11.5 Å². The Morgan fingerprint density at radius 3 is 3.08 bits per heavy atom. The van der Waals surface area contributed by atoms with Gasteiger partial charge in [-0.1, -0.05) is 24.3 Å². The van der Waals surface area contributed by atoms with Crippen LogP contribution < -0.4 is 0 Å². The second-order valence-electron chi connectivity index (χ2n) is 3.18. The number of aliphatic hydroxyl groups is 1. The maximum atomic E-state index is 9.67. The second kappa shape index (κ2) is 3.56. The minimum atomic E-state index is -0.406. The molecule has 0 amide bonds. The lowest BCUT2D eigenvalue weighted by molar-refractivity contribution is 0.199. The Labute approximate surface area is 82.5 Å². The maximum absolute atomic E-state index is 9.67. The number of hydrogen-bond donors (Lipinski definition) is 1. The fraction of sp³-hybridized carbons (Fsp3) is 0.273. The Balaban J connectivity index is 2.33. The zero-order chi connectivity index (χ0) is 9.26. The lowest BCUT2D eigenvalue weighted by Gasteiger charge is -2.13. The van der Waals surface area contributed by atoms with E-state index in [1.807, 2.05) is 23.9 Å². The molecule has 0 aromatic heterocycles. The molecule has 0 saturated heterocycles. The minimum absolute atomic E-state index is 0.235. The number of hydrogen-bond acceptors (Lipinski definition) is 2. The predicted octanol–water partition coefficient (Wildman–Crippen LogP) is 2.42. The summed E-state index contributed by atoms with van der Waals surface area (Å²) in [6.45, 7) is 3.62. The van der Waals surface area contributed by atoms with Crippen LogP contribution in [0, 0.1) is 0 Å². The van der Waals surface area contributed by atoms with Crippen molar-refractivity contribution in [2.45, 2.75) is 16.9 Å². The van der Waals surface area contributed by atoms with Gasteiger partial charge in [0.15, 0.2) is 0 Å². The summed E-state index contributed by atoms with van der Waals surface area (Å²) in [6.07, 6.45) is 1.21. The average molecular weight is 192 g/mol. The van der Waals surface area contributed by atoms with Gasteiger partial charge in [0.05, 0.1) is 6.10 Å². The van der Waals surface area contributed by atoms with Gasteiger partial charge >= 0.3 is 0 Å². The van der Waals surface area contributed by atoms with E-state index in [4.69, 9.17) is 0 Å². The molecule has 0 fully saturated rings. The molecular formula is C11H12OS. The molecule has 13 heavy (non-hydrogen) atoms. The summed E-state index contributed by atoms with van der Waals surface area (Å²) in [5, 5.41) is 9.67. The van der Waals surface area contributed by atoms with Crippen molar-refractivity contribution in [2.75, 3.05) is 5.75 Å². The lowest BCUT2D eigenvalue weighted by atomic mass is 9.96. The topological polar surface area (TPSA) is 20.2 Å². The summed E-state index contributed by atoms with van der Waals surface area (Å²) in [6, 6.07) is 8.25. The Kier molecular flexibility index (Phi) is 2.42. The van der Waals surface area contributed by atoms with Gasteiger partial charge in [0.2, 0.25) is 0 Å². The summed E-state index contributed by atoms with van der Waals surface area (Å²) in [5.74, 6) is 1.20. The molecule has 1 aliphatic rings. The third-order valence-electron chi connectivity index (χ3n) is 2.39. The van der Waals surface area contributed by atoms with Gasteiger partial charge in [0, 0.05) is 16.6 Å². The van der Waals surface area contributed by atoms with E-state index in [0.717, 1.165) is 5.75 Å². The smallest absolute Gasteiger partial charge is 0.0795 e. The fourth-order valence-corrected chi connectivity index (χ4v) is 2.93. The molecule has 0 radical (unpaired) electrons. The molecule has 1 N–H and O–H groups in total. The van der Waals surface area contributed by atoms with Crippen molar-refractivity contribution in [3.63, 3.8) is 0 Å². The van der Waals surface area contributed by atoms with E-state index in [0.29, 0.717) is 0 Å². The van der Waals surface area contributed by atoms with Crippen molar-refractivity contribution in [1.82, 2.24) is 0 Å². The fourth-order valence-electron chi connectivity index (χ4n) is 1.63. The van der Waals surface area contributed by atoms with Crippen molar-refractivity contribution in [2.24, 2.45) is 0 Å². The third kappa shape index (κ3) is 1.52. The highest BCUT2D eigenvalue weighted by Gasteiger charge is 2.26. The van der Waals surface area contributed by atoms with Crippen molar-refractivity contribution in [3.05, 3.63) is 42.5 Å². The van der Waals surface area contributed by atoms with Crippen molar-refractivity contribution < 1.29 is 5.11 Å². The Morgan fingerprint density at radius 1 is 1.54 bits per heavy atom. The summed E-state index contributed by atoms with van der Waals surface area (Å²) < 4.78 is 0. The number of benzene rings is 1. The van der Waals surface area contributed by atoms with Gasteiger partial charge in [-0.25, -0.2) is 0 Å². The first kappa shape index (κ1) is 8.85. The van der Waals surface area contributed by atoms with Crippen LogP contribution in [-0.4, -0.2) is 17.0 Å². The van der Waals surface area contributed by atoms with Gasteiger partial charge < -0.3 is 5.11 Å². The summed E-state index contributed by atoms with van der Waals surface area (Å²) in [4.78, 5) is 1.30. The molecule has 68 valence electrons. The van der Waals surface area contributed by atoms with Crippen LogP contribution in [0.25, 0.3) is 0 Å². The van der Waals surface area contributed by atoms with Gasteiger partial charge in [-0.05, 0) is 11.6 Å². The number of aliphatic hydroxyl groups excluding tert-OH is 1. The van der Waals surface area contributed by atoms with Crippen LogP contribution in [0.5, 0.6) is 0 Å². The highest BCUT2D eigenvalue weighted by atomic mass is 32.2. The van der Waals surface area contributed by atoms with E-state index >= 15 is 0 Å².